The minimum atomic E-state index is -1.00. The molecule has 3 rings (SSSR count). The fraction of sp³-hybridized carbons (Fsp3) is 0. The molecule has 0 aliphatic rings. The molecule has 0 bridgehead atoms. The number of benzene rings is 2. The summed E-state index contributed by atoms with van der Waals surface area (Å²) in [6, 6.07) is 8.14. The van der Waals surface area contributed by atoms with Gasteiger partial charge in [0, 0.05) is 12.1 Å². The zero-order valence-electron chi connectivity index (χ0n) is 9.99. The van der Waals surface area contributed by atoms with Crippen molar-refractivity contribution in [1.82, 2.24) is 0 Å². The summed E-state index contributed by atoms with van der Waals surface area (Å²) in [5.74, 6) is -2.58. The van der Waals surface area contributed by atoms with Gasteiger partial charge in [-0.25, -0.2) is 13.2 Å². The average molecular weight is 276 g/mol. The van der Waals surface area contributed by atoms with Gasteiger partial charge in [0.2, 0.25) is 0 Å². The number of hydrogen-bond donors (Lipinski definition) is 0. The molecule has 0 amide bonds. The Labute approximate surface area is 111 Å². The van der Waals surface area contributed by atoms with Gasteiger partial charge < -0.3 is 4.42 Å². The Morgan fingerprint density at radius 2 is 1.65 bits per heavy atom. The van der Waals surface area contributed by atoms with Crippen molar-refractivity contribution in [2.75, 3.05) is 0 Å². The van der Waals surface area contributed by atoms with Crippen molar-refractivity contribution in [3.63, 3.8) is 0 Å². The molecule has 0 saturated carbocycles. The van der Waals surface area contributed by atoms with E-state index < -0.39 is 28.5 Å². The van der Waals surface area contributed by atoms with E-state index >= 15 is 0 Å². The third-order valence-electron chi connectivity index (χ3n) is 2.89. The molecule has 0 unspecified atom stereocenters. The van der Waals surface area contributed by atoms with Crippen LogP contribution in [0.25, 0.3) is 22.3 Å². The van der Waals surface area contributed by atoms with Gasteiger partial charge in [-0.05, 0) is 18.2 Å². The van der Waals surface area contributed by atoms with Crippen LogP contribution in [0, 0.1) is 17.5 Å². The number of hydrogen-bond acceptors (Lipinski definition) is 2. The quantitative estimate of drug-likeness (QED) is 0.675. The molecule has 1 heterocycles. The van der Waals surface area contributed by atoms with Crippen molar-refractivity contribution in [3.8, 4) is 11.3 Å². The van der Waals surface area contributed by atoms with E-state index in [4.69, 9.17) is 4.42 Å². The van der Waals surface area contributed by atoms with Gasteiger partial charge in [-0.2, -0.15) is 0 Å². The van der Waals surface area contributed by atoms with Crippen LogP contribution >= 0.6 is 0 Å². The van der Waals surface area contributed by atoms with Gasteiger partial charge in [-0.1, -0.05) is 12.1 Å². The molecule has 0 aliphatic heterocycles. The molecular weight excluding hydrogens is 269 g/mol. The van der Waals surface area contributed by atoms with Crippen molar-refractivity contribution in [2.24, 2.45) is 0 Å². The molecule has 100 valence electrons. The van der Waals surface area contributed by atoms with Crippen molar-refractivity contribution >= 4 is 11.0 Å². The second kappa shape index (κ2) is 4.52. The van der Waals surface area contributed by atoms with Gasteiger partial charge in [0.25, 0.3) is 0 Å². The summed E-state index contributed by atoms with van der Waals surface area (Å²) < 4.78 is 45.6. The lowest BCUT2D eigenvalue weighted by molar-refractivity contribution is 0.541. The molecule has 0 N–H and O–H groups in total. The van der Waals surface area contributed by atoms with Crippen LogP contribution in [0.1, 0.15) is 0 Å². The second-order valence-electron chi connectivity index (χ2n) is 4.22. The van der Waals surface area contributed by atoms with Crippen LogP contribution in [-0.4, -0.2) is 0 Å². The van der Waals surface area contributed by atoms with E-state index in [1.807, 2.05) is 0 Å². The van der Waals surface area contributed by atoms with Crippen LogP contribution < -0.4 is 5.43 Å². The maximum absolute atomic E-state index is 13.7. The number of rotatable bonds is 1. The highest BCUT2D eigenvalue weighted by molar-refractivity contribution is 5.79. The lowest BCUT2D eigenvalue weighted by Gasteiger charge is -2.05. The van der Waals surface area contributed by atoms with E-state index in [0.717, 1.165) is 12.1 Å². The Morgan fingerprint density at radius 1 is 0.900 bits per heavy atom. The molecule has 0 fully saturated rings. The molecule has 2 aromatic carbocycles. The Morgan fingerprint density at radius 3 is 2.40 bits per heavy atom. The first kappa shape index (κ1) is 12.5. The van der Waals surface area contributed by atoms with E-state index in [0.29, 0.717) is 6.07 Å². The first-order valence-corrected chi connectivity index (χ1v) is 5.74. The summed E-state index contributed by atoms with van der Waals surface area (Å²) in [5, 5.41) is -0.220. The Kier molecular flexibility index (Phi) is 2.82. The van der Waals surface area contributed by atoms with E-state index in [9.17, 15) is 18.0 Å². The third-order valence-corrected chi connectivity index (χ3v) is 2.89. The molecule has 0 radical (unpaired) electrons. The fourth-order valence-corrected chi connectivity index (χ4v) is 1.98. The highest BCUT2D eigenvalue weighted by atomic mass is 19.1. The van der Waals surface area contributed by atoms with Crippen LogP contribution in [0.4, 0.5) is 13.2 Å². The summed E-state index contributed by atoms with van der Waals surface area (Å²) in [7, 11) is 0. The van der Waals surface area contributed by atoms with Crippen molar-refractivity contribution < 1.29 is 17.6 Å². The van der Waals surface area contributed by atoms with Gasteiger partial charge in [0.1, 0.15) is 17.4 Å². The molecule has 1 aromatic heterocycles. The van der Waals surface area contributed by atoms with Crippen molar-refractivity contribution in [1.29, 1.82) is 0 Å². The molecule has 0 saturated heterocycles. The second-order valence-corrected chi connectivity index (χ2v) is 4.22. The van der Waals surface area contributed by atoms with Crippen LogP contribution in [0.3, 0.4) is 0 Å². The fourth-order valence-electron chi connectivity index (χ4n) is 1.98. The first-order valence-electron chi connectivity index (χ1n) is 5.74. The molecule has 20 heavy (non-hydrogen) atoms. The summed E-state index contributed by atoms with van der Waals surface area (Å²) in [4.78, 5) is 11.9. The van der Waals surface area contributed by atoms with Gasteiger partial charge >= 0.3 is 0 Å². The predicted octanol–water partition coefficient (Wildman–Crippen LogP) is 3.88. The molecule has 2 nitrogen and oxygen atoms in total. The Balaban J connectivity index is 2.36. The minimum Gasteiger partial charge on any atom is -0.453 e. The van der Waals surface area contributed by atoms with E-state index in [-0.39, 0.29) is 16.7 Å². The van der Waals surface area contributed by atoms with E-state index in [1.54, 1.807) is 6.07 Å². The van der Waals surface area contributed by atoms with E-state index in [1.165, 1.54) is 18.2 Å². The summed E-state index contributed by atoms with van der Waals surface area (Å²) in [5.41, 5.74) is -0.990. The maximum Gasteiger partial charge on any atom is 0.193 e. The normalized spacial score (nSPS) is 10.9. The lowest BCUT2D eigenvalue weighted by Crippen LogP contribution is -2.02. The zero-order valence-corrected chi connectivity index (χ0v) is 9.99. The molecule has 3 aromatic rings. The summed E-state index contributed by atoms with van der Waals surface area (Å²) in [6.45, 7) is 0. The summed E-state index contributed by atoms with van der Waals surface area (Å²) in [6.07, 6.45) is 0. The van der Waals surface area contributed by atoms with Gasteiger partial charge in [0.05, 0.1) is 10.9 Å². The van der Waals surface area contributed by atoms with Gasteiger partial charge in [-0.3, -0.25) is 4.79 Å². The largest absolute Gasteiger partial charge is 0.453 e. The Bertz CT molecular complexity index is 869. The van der Waals surface area contributed by atoms with Gasteiger partial charge in [-0.15, -0.1) is 0 Å². The van der Waals surface area contributed by atoms with Gasteiger partial charge in [0.15, 0.2) is 16.8 Å². The van der Waals surface area contributed by atoms with Crippen LogP contribution in [0.15, 0.2) is 51.7 Å². The monoisotopic (exact) mass is 276 g/mol. The predicted molar refractivity (Wildman–Crippen MR) is 67.8 cm³/mol. The topological polar surface area (TPSA) is 30.2 Å². The average Bonchev–Trinajstić information content (AvgIpc) is 2.40. The molecular formula is C15H7F3O2. The highest BCUT2D eigenvalue weighted by Crippen LogP contribution is 2.26. The third kappa shape index (κ3) is 1.97. The van der Waals surface area contributed by atoms with Crippen molar-refractivity contribution in [2.45, 2.75) is 0 Å². The smallest absolute Gasteiger partial charge is 0.193 e. The maximum atomic E-state index is 13.7. The Hall–Kier alpha value is -2.56. The lowest BCUT2D eigenvalue weighted by atomic mass is 10.1. The number of halogens is 3. The van der Waals surface area contributed by atoms with E-state index in [2.05, 4.69) is 0 Å². The minimum absolute atomic E-state index is 0.0372. The molecule has 5 heteroatoms. The van der Waals surface area contributed by atoms with Crippen LogP contribution in [0.2, 0.25) is 0 Å². The molecule has 0 aliphatic carbocycles. The molecule has 0 spiro atoms. The first-order chi connectivity index (χ1) is 9.56. The number of fused-ring (bicyclic) bond motifs is 1. The zero-order chi connectivity index (χ0) is 14.3. The SMILES string of the molecule is O=c1cc(-c2ccccc2F)oc2c(F)cc(F)cc12. The summed E-state index contributed by atoms with van der Waals surface area (Å²) >= 11 is 0. The highest BCUT2D eigenvalue weighted by Gasteiger charge is 2.14. The van der Waals surface area contributed by atoms with Crippen molar-refractivity contribution in [3.05, 3.63) is 70.1 Å². The molecule has 0 atom stereocenters. The standard InChI is InChI=1S/C15H7F3O2/c16-8-5-10-13(19)7-14(20-15(10)12(18)6-8)9-3-1-2-4-11(9)17/h1-7H. The van der Waals surface area contributed by atoms with Crippen LogP contribution in [0.5, 0.6) is 0 Å². The van der Waals surface area contributed by atoms with Crippen LogP contribution in [-0.2, 0) is 0 Å².